The second-order valence-electron chi connectivity index (χ2n) is 4.71. The second kappa shape index (κ2) is 6.13. The van der Waals surface area contributed by atoms with Gasteiger partial charge in [0.25, 0.3) is 5.69 Å². The van der Waals surface area contributed by atoms with Crippen LogP contribution in [0.5, 0.6) is 0 Å². The predicted octanol–water partition coefficient (Wildman–Crippen LogP) is 4.00. The Morgan fingerprint density at radius 1 is 1.43 bits per heavy atom. The minimum absolute atomic E-state index is 0.0259. The number of nitrogens with zero attached hydrogens (tertiary/aromatic N) is 2. The zero-order valence-corrected chi connectivity index (χ0v) is 13.5. The number of benzene rings is 1. The fourth-order valence-corrected chi connectivity index (χ4v) is 3.54. The molecular formula is C14H13BrN2O3S. The zero-order chi connectivity index (χ0) is 14.8. The third-order valence-corrected chi connectivity index (χ3v) is 4.86. The highest BCUT2D eigenvalue weighted by Crippen LogP contribution is 2.35. The lowest BCUT2D eigenvalue weighted by molar-refractivity contribution is -0.384. The Labute approximate surface area is 134 Å². The Morgan fingerprint density at radius 2 is 2.29 bits per heavy atom. The lowest BCUT2D eigenvalue weighted by Gasteiger charge is -2.33. The smallest absolute Gasteiger partial charge is 0.293 e. The first-order chi connectivity index (χ1) is 10.1. The van der Waals surface area contributed by atoms with Crippen molar-refractivity contribution in [1.29, 1.82) is 0 Å². The molecule has 1 atom stereocenters. The van der Waals surface area contributed by atoms with Crippen molar-refractivity contribution in [3.05, 3.63) is 55.2 Å². The maximum absolute atomic E-state index is 11.3. The van der Waals surface area contributed by atoms with Crippen molar-refractivity contribution in [2.45, 2.75) is 6.10 Å². The number of hydrogen-bond donors (Lipinski definition) is 0. The molecular weight excluding hydrogens is 356 g/mol. The molecule has 0 radical (unpaired) electrons. The Hall–Kier alpha value is -1.44. The summed E-state index contributed by atoms with van der Waals surface area (Å²) in [5.41, 5.74) is 0.768. The maximum Gasteiger partial charge on any atom is 0.293 e. The zero-order valence-electron chi connectivity index (χ0n) is 11.1. The number of hydrogen-bond acceptors (Lipinski definition) is 5. The summed E-state index contributed by atoms with van der Waals surface area (Å²) in [7, 11) is 0. The van der Waals surface area contributed by atoms with Gasteiger partial charge < -0.3 is 9.64 Å². The summed E-state index contributed by atoms with van der Waals surface area (Å²) in [6.07, 6.45) is -0.0259. The molecule has 0 aliphatic carbocycles. The van der Waals surface area contributed by atoms with Crippen LogP contribution in [0.3, 0.4) is 0 Å². The minimum atomic E-state index is -0.338. The van der Waals surface area contributed by atoms with E-state index in [-0.39, 0.29) is 16.7 Å². The first-order valence-corrected chi connectivity index (χ1v) is 8.16. The molecule has 1 saturated heterocycles. The normalized spacial score (nSPS) is 18.7. The number of anilines is 1. The molecule has 1 aromatic carbocycles. The Balaban J connectivity index is 1.88. The molecule has 0 spiro atoms. The maximum atomic E-state index is 11.3. The molecule has 0 amide bonds. The number of nitro groups is 1. The van der Waals surface area contributed by atoms with Gasteiger partial charge in [-0.2, -0.15) is 0 Å². The molecule has 5 nitrogen and oxygen atoms in total. The Kier molecular flexibility index (Phi) is 4.23. The van der Waals surface area contributed by atoms with Crippen molar-refractivity contribution in [2.24, 2.45) is 0 Å². The van der Waals surface area contributed by atoms with Crippen molar-refractivity contribution in [1.82, 2.24) is 0 Å². The van der Waals surface area contributed by atoms with Crippen LogP contribution in [-0.4, -0.2) is 24.6 Å². The summed E-state index contributed by atoms with van der Waals surface area (Å²) in [5.74, 6) is 0. The van der Waals surface area contributed by atoms with Gasteiger partial charge in [-0.15, -0.1) is 11.3 Å². The fourth-order valence-electron chi connectivity index (χ4n) is 2.42. The van der Waals surface area contributed by atoms with E-state index in [1.54, 1.807) is 23.5 Å². The molecule has 1 fully saturated rings. The van der Waals surface area contributed by atoms with Crippen LogP contribution in [0.25, 0.3) is 0 Å². The predicted molar refractivity (Wildman–Crippen MR) is 86.0 cm³/mol. The summed E-state index contributed by atoms with van der Waals surface area (Å²) in [5, 5.41) is 13.3. The van der Waals surface area contributed by atoms with Crippen molar-refractivity contribution in [3.8, 4) is 0 Å². The van der Waals surface area contributed by atoms with Crippen molar-refractivity contribution < 1.29 is 9.66 Å². The van der Waals surface area contributed by atoms with E-state index < -0.39 is 0 Å². The van der Waals surface area contributed by atoms with Crippen LogP contribution < -0.4 is 4.90 Å². The highest BCUT2D eigenvalue weighted by molar-refractivity contribution is 9.10. The number of halogens is 1. The number of rotatable bonds is 3. The van der Waals surface area contributed by atoms with E-state index in [1.165, 1.54) is 0 Å². The summed E-state index contributed by atoms with van der Waals surface area (Å²) >= 11 is 4.93. The van der Waals surface area contributed by atoms with E-state index in [1.807, 2.05) is 28.5 Å². The second-order valence-corrected chi connectivity index (χ2v) is 6.61. The van der Waals surface area contributed by atoms with Crippen LogP contribution in [0.1, 0.15) is 11.0 Å². The summed E-state index contributed by atoms with van der Waals surface area (Å²) in [6.45, 7) is 1.85. The van der Waals surface area contributed by atoms with E-state index in [0.717, 1.165) is 4.88 Å². The van der Waals surface area contributed by atoms with Gasteiger partial charge in [0.1, 0.15) is 11.8 Å². The van der Waals surface area contributed by atoms with Gasteiger partial charge >= 0.3 is 0 Å². The SMILES string of the molecule is O=[N+]([O-])c1cc(Br)ccc1N1CCOC(c2cccs2)C1. The summed E-state index contributed by atoms with van der Waals surface area (Å²) in [6, 6.07) is 9.20. The van der Waals surface area contributed by atoms with Gasteiger partial charge in [-0.3, -0.25) is 10.1 Å². The third-order valence-electron chi connectivity index (χ3n) is 3.40. The summed E-state index contributed by atoms with van der Waals surface area (Å²) in [4.78, 5) is 14.1. The topological polar surface area (TPSA) is 55.6 Å². The first-order valence-electron chi connectivity index (χ1n) is 6.49. The quantitative estimate of drug-likeness (QED) is 0.606. The van der Waals surface area contributed by atoms with Crippen LogP contribution in [-0.2, 0) is 4.74 Å². The highest BCUT2D eigenvalue weighted by Gasteiger charge is 2.27. The van der Waals surface area contributed by atoms with E-state index in [4.69, 9.17) is 4.74 Å². The minimum Gasteiger partial charge on any atom is -0.369 e. The third kappa shape index (κ3) is 3.09. The monoisotopic (exact) mass is 368 g/mol. The average molecular weight is 369 g/mol. The number of ether oxygens (including phenoxy) is 1. The van der Waals surface area contributed by atoms with Gasteiger partial charge in [-0.25, -0.2) is 0 Å². The van der Waals surface area contributed by atoms with Gasteiger partial charge in [0, 0.05) is 28.5 Å². The molecule has 1 unspecified atom stereocenters. The highest BCUT2D eigenvalue weighted by atomic mass is 79.9. The lowest BCUT2D eigenvalue weighted by atomic mass is 10.2. The molecule has 0 saturated carbocycles. The molecule has 1 aliphatic heterocycles. The molecule has 3 rings (SSSR count). The largest absolute Gasteiger partial charge is 0.369 e. The standard InChI is InChI=1S/C14H13BrN2O3S/c15-10-3-4-11(12(8-10)17(18)19)16-5-6-20-13(9-16)14-2-1-7-21-14/h1-4,7-8,13H,5-6,9H2. The van der Waals surface area contributed by atoms with Gasteiger partial charge in [-0.05, 0) is 23.6 Å². The van der Waals surface area contributed by atoms with E-state index >= 15 is 0 Å². The first kappa shape index (κ1) is 14.5. The Morgan fingerprint density at radius 3 is 3.00 bits per heavy atom. The lowest BCUT2D eigenvalue weighted by Crippen LogP contribution is -2.38. The van der Waals surface area contributed by atoms with E-state index in [0.29, 0.717) is 29.9 Å². The number of nitro benzene ring substituents is 1. The van der Waals surface area contributed by atoms with Crippen molar-refractivity contribution in [3.63, 3.8) is 0 Å². The van der Waals surface area contributed by atoms with Crippen LogP contribution in [0.2, 0.25) is 0 Å². The Bertz CT molecular complexity index is 648. The van der Waals surface area contributed by atoms with Crippen LogP contribution >= 0.6 is 27.3 Å². The fraction of sp³-hybridized carbons (Fsp3) is 0.286. The molecule has 21 heavy (non-hydrogen) atoms. The molecule has 1 aromatic heterocycles. The van der Waals surface area contributed by atoms with E-state index in [2.05, 4.69) is 15.9 Å². The molecule has 2 heterocycles. The molecule has 7 heteroatoms. The van der Waals surface area contributed by atoms with Gasteiger partial charge in [0.15, 0.2) is 0 Å². The van der Waals surface area contributed by atoms with Gasteiger partial charge in [0.2, 0.25) is 0 Å². The van der Waals surface area contributed by atoms with Gasteiger partial charge in [0.05, 0.1) is 11.5 Å². The van der Waals surface area contributed by atoms with Crippen LogP contribution in [0.15, 0.2) is 40.2 Å². The van der Waals surface area contributed by atoms with Crippen molar-refractivity contribution in [2.75, 3.05) is 24.6 Å². The summed E-state index contributed by atoms with van der Waals surface area (Å²) < 4.78 is 6.50. The van der Waals surface area contributed by atoms with Gasteiger partial charge in [-0.1, -0.05) is 22.0 Å². The average Bonchev–Trinajstić information content (AvgIpc) is 3.01. The molecule has 1 aliphatic rings. The molecule has 2 aromatic rings. The molecule has 110 valence electrons. The van der Waals surface area contributed by atoms with Crippen LogP contribution in [0, 0.1) is 10.1 Å². The van der Waals surface area contributed by atoms with E-state index in [9.17, 15) is 10.1 Å². The van der Waals surface area contributed by atoms with Crippen LogP contribution in [0.4, 0.5) is 11.4 Å². The molecule has 0 N–H and O–H groups in total. The number of morpholine rings is 1. The molecule has 0 bridgehead atoms. The van der Waals surface area contributed by atoms with Crippen molar-refractivity contribution >= 4 is 38.6 Å². The number of thiophene rings is 1.